The summed E-state index contributed by atoms with van der Waals surface area (Å²) in [6, 6.07) is 10.1. The van der Waals surface area contributed by atoms with Crippen molar-refractivity contribution in [3.05, 3.63) is 76.3 Å². The van der Waals surface area contributed by atoms with E-state index in [-0.39, 0.29) is 10.7 Å². The Bertz CT molecular complexity index is 969. The van der Waals surface area contributed by atoms with Crippen LogP contribution in [0.5, 0.6) is 0 Å². The first kappa shape index (κ1) is 23.0. The Labute approximate surface area is 193 Å². The Morgan fingerprint density at radius 1 is 1.13 bits per heavy atom. The first-order chi connectivity index (χ1) is 14.8. The molecule has 0 aromatic heterocycles. The minimum absolute atomic E-state index is 0.0927. The van der Waals surface area contributed by atoms with E-state index in [9.17, 15) is 9.59 Å². The number of hydrogen-bond acceptors (Lipinski definition) is 5. The Kier molecular flexibility index (Phi) is 7.51. The number of amides is 2. The van der Waals surface area contributed by atoms with Crippen LogP contribution in [0.2, 0.25) is 0 Å². The zero-order valence-corrected chi connectivity index (χ0v) is 19.8. The van der Waals surface area contributed by atoms with Crippen molar-refractivity contribution in [1.82, 2.24) is 9.80 Å². The Hall–Kier alpha value is -2.64. The summed E-state index contributed by atoms with van der Waals surface area (Å²) in [4.78, 5) is 30.9. The third-order valence-corrected chi connectivity index (χ3v) is 6.82. The van der Waals surface area contributed by atoms with Crippen LogP contribution in [-0.2, 0) is 9.59 Å². The highest BCUT2D eigenvalue weighted by atomic mass is 32.2. The van der Waals surface area contributed by atoms with Gasteiger partial charge in [-0.25, -0.2) is 0 Å². The molecule has 1 aromatic rings. The second kappa shape index (κ2) is 10.1. The van der Waals surface area contributed by atoms with Crippen LogP contribution in [0.4, 0.5) is 5.69 Å². The molecule has 1 fully saturated rings. The molecular weight excluding hydrogens is 426 g/mol. The van der Waals surface area contributed by atoms with Crippen LogP contribution in [0, 0.1) is 0 Å². The van der Waals surface area contributed by atoms with Gasteiger partial charge in [0.05, 0.1) is 5.03 Å². The fraction of sp³-hybridized carbons (Fsp3) is 0.292. The first-order valence-corrected chi connectivity index (χ1v) is 11.5. The molecule has 31 heavy (non-hydrogen) atoms. The molecule has 0 atom stereocenters. The lowest BCUT2D eigenvalue weighted by Gasteiger charge is -2.32. The van der Waals surface area contributed by atoms with Crippen molar-refractivity contribution in [1.29, 1.82) is 0 Å². The molecule has 0 saturated carbocycles. The van der Waals surface area contributed by atoms with Gasteiger partial charge in [-0.1, -0.05) is 48.7 Å². The van der Waals surface area contributed by atoms with Crippen molar-refractivity contribution >= 4 is 46.6 Å². The summed E-state index contributed by atoms with van der Waals surface area (Å²) in [6.07, 6.45) is 10.2. The number of allylic oxidation sites excluding steroid dienone is 4. The highest BCUT2D eigenvalue weighted by Gasteiger charge is 2.35. The minimum atomic E-state index is -0.395. The van der Waals surface area contributed by atoms with Crippen LogP contribution >= 0.6 is 24.0 Å². The van der Waals surface area contributed by atoms with Gasteiger partial charge in [-0.2, -0.15) is 0 Å². The fourth-order valence-corrected chi connectivity index (χ4v) is 4.59. The summed E-state index contributed by atoms with van der Waals surface area (Å²) < 4.78 is 0. The predicted molar refractivity (Wildman–Crippen MR) is 132 cm³/mol. The van der Waals surface area contributed by atoms with Crippen LogP contribution in [0.1, 0.15) is 32.6 Å². The molecule has 1 aliphatic heterocycles. The number of carbonyl (C=O) groups is 2. The summed E-state index contributed by atoms with van der Waals surface area (Å²) in [5.74, 6) is -0.790. The molecule has 2 aliphatic rings. The third-order valence-electron chi connectivity index (χ3n) is 5.27. The molecule has 1 heterocycles. The fourth-order valence-electron chi connectivity index (χ4n) is 3.54. The Morgan fingerprint density at radius 2 is 1.77 bits per heavy atom. The Balaban J connectivity index is 1.89. The van der Waals surface area contributed by atoms with Crippen LogP contribution in [-0.4, -0.2) is 40.8 Å². The SMILES string of the molecule is C=C(S/C(C=C1C(=O)N(C)C(=S)N(C)C1=O)=C\C)N(C1=CCCCC1)c1ccccc1. The number of carbonyl (C=O) groups excluding carboxylic acids is 2. The van der Waals surface area contributed by atoms with E-state index in [1.165, 1.54) is 33.7 Å². The second-order valence-corrected chi connectivity index (χ2v) is 8.88. The normalized spacial score (nSPS) is 17.6. The maximum Gasteiger partial charge on any atom is 0.265 e. The van der Waals surface area contributed by atoms with Gasteiger partial charge in [0.25, 0.3) is 11.8 Å². The van der Waals surface area contributed by atoms with Gasteiger partial charge in [-0.15, -0.1) is 0 Å². The average Bonchev–Trinajstić information content (AvgIpc) is 2.80. The number of thiocarbonyl (C=S) groups is 1. The number of thioether (sulfide) groups is 1. The van der Waals surface area contributed by atoms with E-state index in [1.807, 2.05) is 31.2 Å². The molecule has 5 nitrogen and oxygen atoms in total. The molecule has 1 aromatic carbocycles. The van der Waals surface area contributed by atoms with E-state index in [4.69, 9.17) is 12.2 Å². The molecule has 162 valence electrons. The summed E-state index contributed by atoms with van der Waals surface area (Å²) in [5, 5.41) is 1.02. The summed E-state index contributed by atoms with van der Waals surface area (Å²) in [6.45, 7) is 6.22. The van der Waals surface area contributed by atoms with Gasteiger partial charge in [-0.3, -0.25) is 19.4 Å². The van der Waals surface area contributed by atoms with E-state index in [2.05, 4.69) is 29.7 Å². The Morgan fingerprint density at radius 3 is 2.32 bits per heavy atom. The molecule has 0 unspecified atom stereocenters. The molecule has 0 spiro atoms. The lowest BCUT2D eigenvalue weighted by molar-refractivity contribution is -0.132. The molecular formula is C24H27N3O2S2. The quantitative estimate of drug-likeness (QED) is 0.336. The van der Waals surface area contributed by atoms with Crippen LogP contribution in [0.3, 0.4) is 0 Å². The van der Waals surface area contributed by atoms with Crippen LogP contribution in [0.15, 0.2) is 76.3 Å². The summed E-state index contributed by atoms with van der Waals surface area (Å²) in [7, 11) is 3.16. The molecule has 7 heteroatoms. The van der Waals surface area contributed by atoms with E-state index >= 15 is 0 Å². The van der Waals surface area contributed by atoms with Gasteiger partial charge in [0.2, 0.25) is 0 Å². The third kappa shape index (κ3) is 4.99. The van der Waals surface area contributed by atoms with Gasteiger partial charge in [-0.05, 0) is 63.0 Å². The van der Waals surface area contributed by atoms with E-state index < -0.39 is 11.8 Å². The molecule has 0 bridgehead atoms. The van der Waals surface area contributed by atoms with Crippen molar-refractivity contribution in [2.45, 2.75) is 32.6 Å². The summed E-state index contributed by atoms with van der Waals surface area (Å²) in [5.41, 5.74) is 2.37. The molecule has 2 amide bonds. The number of likely N-dealkylation sites (N-methyl/N-ethyl adjacent to an activating group) is 2. The van der Waals surface area contributed by atoms with Gasteiger partial charge >= 0.3 is 0 Å². The number of anilines is 1. The van der Waals surface area contributed by atoms with Gasteiger partial charge in [0, 0.05) is 30.4 Å². The molecule has 3 rings (SSSR count). The van der Waals surface area contributed by atoms with E-state index in [0.717, 1.165) is 34.9 Å². The van der Waals surface area contributed by atoms with Crippen molar-refractivity contribution < 1.29 is 9.59 Å². The maximum absolute atomic E-state index is 12.7. The molecule has 1 aliphatic carbocycles. The smallest absolute Gasteiger partial charge is 0.265 e. The maximum atomic E-state index is 12.7. The van der Waals surface area contributed by atoms with Crippen LogP contribution < -0.4 is 4.90 Å². The lowest BCUT2D eigenvalue weighted by Crippen LogP contribution is -2.52. The predicted octanol–water partition coefficient (Wildman–Crippen LogP) is 5.20. The van der Waals surface area contributed by atoms with Gasteiger partial charge in [0.15, 0.2) is 5.11 Å². The molecule has 0 N–H and O–H groups in total. The zero-order valence-electron chi connectivity index (χ0n) is 18.1. The summed E-state index contributed by atoms with van der Waals surface area (Å²) >= 11 is 6.61. The number of para-hydroxylation sites is 1. The van der Waals surface area contributed by atoms with Crippen LogP contribution in [0.25, 0.3) is 0 Å². The monoisotopic (exact) mass is 453 g/mol. The molecule has 1 saturated heterocycles. The minimum Gasteiger partial charge on any atom is -0.309 e. The number of rotatable bonds is 6. The number of nitrogens with zero attached hydrogens (tertiary/aromatic N) is 3. The van der Waals surface area contributed by atoms with Gasteiger partial charge < -0.3 is 4.90 Å². The highest BCUT2D eigenvalue weighted by Crippen LogP contribution is 2.37. The van der Waals surface area contributed by atoms with Crippen molar-refractivity contribution in [3.63, 3.8) is 0 Å². The highest BCUT2D eigenvalue weighted by molar-refractivity contribution is 8.07. The van der Waals surface area contributed by atoms with Crippen molar-refractivity contribution in [2.75, 3.05) is 19.0 Å². The number of benzene rings is 1. The van der Waals surface area contributed by atoms with Gasteiger partial charge in [0.1, 0.15) is 5.57 Å². The lowest BCUT2D eigenvalue weighted by atomic mass is 10.0. The zero-order chi connectivity index (χ0) is 22.5. The largest absolute Gasteiger partial charge is 0.309 e. The first-order valence-electron chi connectivity index (χ1n) is 10.2. The topological polar surface area (TPSA) is 43.9 Å². The standard InChI is InChI=1S/C24H27N3O2S2/c1-5-20(16-21-22(28)25(3)24(30)26(4)23(21)29)31-17(2)27(18-12-8-6-9-13-18)19-14-10-7-11-15-19/h5-6,8-9,12-14,16H,2,7,10-11,15H2,1,3-4H3/b20-5-. The average molecular weight is 454 g/mol. The van der Waals surface area contributed by atoms with Crippen molar-refractivity contribution in [2.24, 2.45) is 0 Å². The van der Waals surface area contributed by atoms with Crippen molar-refractivity contribution in [3.8, 4) is 0 Å². The second-order valence-electron chi connectivity index (χ2n) is 7.37. The van der Waals surface area contributed by atoms with E-state index in [0.29, 0.717) is 0 Å². The van der Waals surface area contributed by atoms with E-state index in [1.54, 1.807) is 20.2 Å². The molecule has 0 radical (unpaired) electrons. The number of hydrogen-bond donors (Lipinski definition) is 0.